The Labute approximate surface area is 251 Å². The highest BCUT2D eigenvalue weighted by Gasteiger charge is 2.44. The SMILES string of the molecule is CC(C)N(C)CC1COC2(COCCN(Cc3ccccn3)C2)C1.O=C(O)C(F)(F)F.O=C(O)C(F)(F)F.O=C(O)C(F)(F)F. The minimum absolute atomic E-state index is 0.145. The number of hydrogen-bond acceptors (Lipinski definition) is 8. The van der Waals surface area contributed by atoms with Crippen molar-refractivity contribution in [1.82, 2.24) is 14.8 Å². The van der Waals surface area contributed by atoms with Crippen molar-refractivity contribution in [3.05, 3.63) is 30.1 Å². The number of pyridine rings is 1. The number of carboxylic acids is 3. The lowest BCUT2D eigenvalue weighted by Crippen LogP contribution is -2.44. The fourth-order valence-corrected chi connectivity index (χ4v) is 3.72. The van der Waals surface area contributed by atoms with Gasteiger partial charge in [-0.2, -0.15) is 39.5 Å². The number of rotatable bonds is 5. The second-order valence-electron chi connectivity index (χ2n) is 10.1. The molecular formula is C25H34F9N3O8. The van der Waals surface area contributed by atoms with Gasteiger partial charge in [-0.25, -0.2) is 14.4 Å². The summed E-state index contributed by atoms with van der Waals surface area (Å²) in [5, 5.41) is 21.4. The molecule has 2 saturated heterocycles. The van der Waals surface area contributed by atoms with E-state index in [9.17, 15) is 39.5 Å². The van der Waals surface area contributed by atoms with Crippen molar-refractivity contribution in [2.24, 2.45) is 5.92 Å². The summed E-state index contributed by atoms with van der Waals surface area (Å²) < 4.78 is 107. The number of aromatic nitrogens is 1. The highest BCUT2D eigenvalue weighted by atomic mass is 19.4. The minimum atomic E-state index is -5.08. The zero-order valence-electron chi connectivity index (χ0n) is 24.2. The Morgan fingerprint density at radius 1 is 0.978 bits per heavy atom. The summed E-state index contributed by atoms with van der Waals surface area (Å²) in [5.74, 6) is -7.68. The third-order valence-electron chi connectivity index (χ3n) is 5.98. The molecule has 0 bridgehead atoms. The zero-order chi connectivity index (χ0) is 35.2. The Morgan fingerprint density at radius 2 is 1.47 bits per heavy atom. The van der Waals surface area contributed by atoms with Crippen LogP contribution in [0.25, 0.3) is 0 Å². The van der Waals surface area contributed by atoms with Crippen LogP contribution in [0.5, 0.6) is 0 Å². The molecule has 0 saturated carbocycles. The Balaban J connectivity index is 0.000000753. The van der Waals surface area contributed by atoms with Gasteiger partial charge in [0.2, 0.25) is 0 Å². The van der Waals surface area contributed by atoms with Crippen molar-refractivity contribution < 1.29 is 78.7 Å². The third kappa shape index (κ3) is 17.7. The highest BCUT2D eigenvalue weighted by Crippen LogP contribution is 2.33. The third-order valence-corrected chi connectivity index (χ3v) is 5.98. The summed E-state index contributed by atoms with van der Waals surface area (Å²) in [7, 11) is 2.20. The molecule has 1 aromatic heterocycles. The average Bonchev–Trinajstić information content (AvgIpc) is 3.17. The van der Waals surface area contributed by atoms with Gasteiger partial charge in [-0.05, 0) is 45.4 Å². The van der Waals surface area contributed by atoms with Gasteiger partial charge in [0.1, 0.15) is 5.60 Å². The predicted molar refractivity (Wildman–Crippen MR) is 136 cm³/mol. The molecule has 2 aliphatic rings. The Morgan fingerprint density at radius 3 is 1.87 bits per heavy atom. The van der Waals surface area contributed by atoms with Crippen LogP contribution >= 0.6 is 0 Å². The molecule has 2 unspecified atom stereocenters. The molecule has 0 radical (unpaired) electrons. The Hall–Kier alpha value is -3.23. The molecule has 1 aromatic rings. The molecule has 2 aliphatic heterocycles. The lowest BCUT2D eigenvalue weighted by atomic mass is 9.93. The summed E-state index contributed by atoms with van der Waals surface area (Å²) >= 11 is 0. The maximum atomic E-state index is 10.6. The van der Waals surface area contributed by atoms with Crippen molar-refractivity contribution >= 4 is 17.9 Å². The van der Waals surface area contributed by atoms with Crippen LogP contribution in [0.3, 0.4) is 0 Å². The van der Waals surface area contributed by atoms with E-state index in [1.165, 1.54) is 0 Å². The lowest BCUT2D eigenvalue weighted by molar-refractivity contribution is -0.193. The summed E-state index contributed by atoms with van der Waals surface area (Å²) in [6, 6.07) is 6.68. The first-order valence-electron chi connectivity index (χ1n) is 12.8. The first-order valence-corrected chi connectivity index (χ1v) is 12.8. The summed E-state index contributed by atoms with van der Waals surface area (Å²) in [6.07, 6.45) is -12.3. The number of nitrogens with zero attached hydrogens (tertiary/aromatic N) is 3. The zero-order valence-corrected chi connectivity index (χ0v) is 24.2. The molecule has 260 valence electrons. The number of hydrogen-bond donors (Lipinski definition) is 3. The second-order valence-corrected chi connectivity index (χ2v) is 10.1. The van der Waals surface area contributed by atoms with Gasteiger partial charge in [0, 0.05) is 38.4 Å². The average molecular weight is 676 g/mol. The van der Waals surface area contributed by atoms with E-state index in [0.717, 1.165) is 51.5 Å². The molecule has 3 rings (SSSR count). The van der Waals surface area contributed by atoms with Gasteiger partial charge in [-0.1, -0.05) is 6.07 Å². The quantitative estimate of drug-likeness (QED) is 0.390. The van der Waals surface area contributed by atoms with Crippen LogP contribution in [0.4, 0.5) is 39.5 Å². The van der Waals surface area contributed by atoms with Gasteiger partial charge in [0.25, 0.3) is 0 Å². The number of aliphatic carboxylic acids is 3. The molecule has 2 fully saturated rings. The summed E-state index contributed by atoms with van der Waals surface area (Å²) in [4.78, 5) is 36.0. The fraction of sp³-hybridized carbons (Fsp3) is 0.680. The first kappa shape index (κ1) is 41.8. The summed E-state index contributed by atoms with van der Waals surface area (Å²) in [5.41, 5.74) is 0.969. The van der Waals surface area contributed by atoms with E-state index >= 15 is 0 Å². The van der Waals surface area contributed by atoms with Crippen LogP contribution in [0, 0.1) is 5.92 Å². The molecule has 20 heteroatoms. The van der Waals surface area contributed by atoms with Gasteiger partial charge in [-0.15, -0.1) is 0 Å². The Kier molecular flexibility index (Phi) is 16.8. The van der Waals surface area contributed by atoms with Crippen molar-refractivity contribution in [2.45, 2.75) is 57.0 Å². The Bertz CT molecular complexity index is 1000. The minimum Gasteiger partial charge on any atom is -0.475 e. The van der Waals surface area contributed by atoms with Gasteiger partial charge < -0.3 is 29.7 Å². The highest BCUT2D eigenvalue weighted by molar-refractivity contribution is 5.73. The first-order chi connectivity index (χ1) is 20.4. The molecule has 0 amide bonds. The standard InChI is InChI=1S/C19H31N3O2.3C2HF3O2/c1-16(2)21(3)11-17-10-19(24-13-17)14-22(8-9-23-15-19)12-18-6-4-5-7-20-18;3*3-2(4,5)1(6)7/h4-7,16-17H,8-15H2,1-3H3;3*(H,6,7). The van der Waals surface area contributed by atoms with Crippen molar-refractivity contribution in [2.75, 3.05) is 46.5 Å². The van der Waals surface area contributed by atoms with Crippen molar-refractivity contribution in [1.29, 1.82) is 0 Å². The van der Waals surface area contributed by atoms with Gasteiger partial charge in [0.05, 0.1) is 25.5 Å². The number of carboxylic acid groups (broad SMARTS) is 3. The van der Waals surface area contributed by atoms with E-state index < -0.39 is 36.4 Å². The molecule has 11 nitrogen and oxygen atoms in total. The maximum absolute atomic E-state index is 10.6. The molecule has 0 aromatic carbocycles. The van der Waals surface area contributed by atoms with E-state index in [1.54, 1.807) is 0 Å². The lowest BCUT2D eigenvalue weighted by Gasteiger charge is -2.31. The number of ether oxygens (including phenoxy) is 2. The van der Waals surface area contributed by atoms with E-state index in [4.69, 9.17) is 39.2 Å². The smallest absolute Gasteiger partial charge is 0.475 e. The van der Waals surface area contributed by atoms with Gasteiger partial charge in [0.15, 0.2) is 0 Å². The van der Waals surface area contributed by atoms with E-state index in [-0.39, 0.29) is 5.60 Å². The van der Waals surface area contributed by atoms with Crippen LogP contribution in [-0.2, 0) is 30.4 Å². The van der Waals surface area contributed by atoms with E-state index in [2.05, 4.69) is 47.8 Å². The molecule has 3 heterocycles. The van der Waals surface area contributed by atoms with Crippen LogP contribution < -0.4 is 0 Å². The van der Waals surface area contributed by atoms with Crippen molar-refractivity contribution in [3.8, 4) is 0 Å². The largest absolute Gasteiger partial charge is 0.490 e. The molecule has 1 spiro atoms. The number of carbonyl (C=O) groups is 3. The maximum Gasteiger partial charge on any atom is 0.490 e. The summed E-state index contributed by atoms with van der Waals surface area (Å²) in [6.45, 7) is 10.7. The van der Waals surface area contributed by atoms with Crippen LogP contribution in [0.15, 0.2) is 24.4 Å². The normalized spacial score (nSPS) is 20.6. The molecular weight excluding hydrogens is 641 g/mol. The number of alkyl halides is 9. The molecule has 45 heavy (non-hydrogen) atoms. The van der Waals surface area contributed by atoms with Crippen molar-refractivity contribution in [3.63, 3.8) is 0 Å². The van der Waals surface area contributed by atoms with Gasteiger partial charge >= 0.3 is 36.4 Å². The predicted octanol–water partition coefficient (Wildman–Crippen LogP) is 3.93. The van der Waals surface area contributed by atoms with Crippen LogP contribution in [-0.4, -0.2) is 125 Å². The van der Waals surface area contributed by atoms with Crippen LogP contribution in [0.2, 0.25) is 0 Å². The molecule has 3 N–H and O–H groups in total. The number of halogens is 9. The molecule has 0 aliphatic carbocycles. The molecule has 2 atom stereocenters. The van der Waals surface area contributed by atoms with E-state index in [0.29, 0.717) is 18.6 Å². The monoisotopic (exact) mass is 675 g/mol. The topological polar surface area (TPSA) is 150 Å². The van der Waals surface area contributed by atoms with Crippen LogP contribution in [0.1, 0.15) is 26.0 Å². The van der Waals surface area contributed by atoms with E-state index in [1.807, 2.05) is 12.3 Å². The fourth-order valence-electron chi connectivity index (χ4n) is 3.72. The van der Waals surface area contributed by atoms with Gasteiger partial charge in [-0.3, -0.25) is 9.88 Å². The second kappa shape index (κ2) is 18.1.